The zero-order valence-corrected chi connectivity index (χ0v) is 34.8. The van der Waals surface area contributed by atoms with Crippen molar-refractivity contribution in [3.63, 3.8) is 0 Å². The van der Waals surface area contributed by atoms with E-state index >= 15 is 0 Å². The number of Topliss-reactive ketones (excluding diaryl/α,β-unsaturated/α-hetero) is 1. The van der Waals surface area contributed by atoms with Crippen molar-refractivity contribution in [1.29, 1.82) is 0 Å². The monoisotopic (exact) mass is 798 g/mol. The molecule has 2 fully saturated rings. The number of hydrogen-bond acceptors (Lipinski definition) is 7. The highest BCUT2D eigenvalue weighted by molar-refractivity contribution is 6.03. The third-order valence-electron chi connectivity index (χ3n) is 12.0. The van der Waals surface area contributed by atoms with Gasteiger partial charge in [-0.3, -0.25) is 14.5 Å². The summed E-state index contributed by atoms with van der Waals surface area (Å²) in [5.74, 6) is 2.85. The number of piperidine rings is 2. The molecular formula is C49H55FN4O5. The normalized spacial score (nSPS) is 18.3. The van der Waals surface area contributed by atoms with Crippen LogP contribution in [-0.2, 0) is 17.8 Å². The van der Waals surface area contributed by atoms with Crippen molar-refractivity contribution in [3.05, 3.63) is 142 Å². The summed E-state index contributed by atoms with van der Waals surface area (Å²) in [6.07, 6.45) is 11.5. The van der Waals surface area contributed by atoms with Crippen molar-refractivity contribution in [2.24, 2.45) is 11.8 Å². The highest BCUT2D eigenvalue weighted by Gasteiger charge is 2.35. The Morgan fingerprint density at radius 2 is 1.58 bits per heavy atom. The summed E-state index contributed by atoms with van der Waals surface area (Å²) in [5, 5.41) is 0. The standard InChI is InChI=1S/C25H26FN3O2.C24H29NO3/c1-17-15-28(16-27-17)23-11-6-19(14-24(23)31-3)13-21-5-4-12-29(25(21)30)18(2)20-7-9-22(26)10-8-20;1-27-22-14-19-13-20(24(26)21(19)15-23(22)28-2)12-17-8-10-25(11-9-17)16-18-6-4-3-5-7-18/h6-11,13-16,18H,4-5,12H2,1-3H3;3-7,14-15,17,20H,8-13,16H2,1-2H3/b21-13+;/t18-;/m0./s1. The lowest BCUT2D eigenvalue weighted by molar-refractivity contribution is -0.130. The van der Waals surface area contributed by atoms with Gasteiger partial charge in [-0.15, -0.1) is 0 Å². The number of benzene rings is 4. The molecule has 5 aromatic rings. The van der Waals surface area contributed by atoms with Crippen LogP contribution >= 0.6 is 0 Å². The van der Waals surface area contributed by atoms with E-state index in [2.05, 4.69) is 40.2 Å². The van der Waals surface area contributed by atoms with Gasteiger partial charge in [0.05, 0.1) is 45.1 Å². The molecule has 2 saturated heterocycles. The smallest absolute Gasteiger partial charge is 0.250 e. The first-order valence-electron chi connectivity index (χ1n) is 20.7. The number of imidazole rings is 1. The Hall–Kier alpha value is -5.74. The van der Waals surface area contributed by atoms with E-state index in [4.69, 9.17) is 14.2 Å². The molecule has 2 aliphatic heterocycles. The van der Waals surface area contributed by atoms with Crippen molar-refractivity contribution in [2.45, 2.75) is 65.0 Å². The third kappa shape index (κ3) is 9.77. The topological polar surface area (TPSA) is 86.1 Å². The zero-order valence-electron chi connectivity index (χ0n) is 34.8. The summed E-state index contributed by atoms with van der Waals surface area (Å²) >= 11 is 0. The third-order valence-corrected chi connectivity index (χ3v) is 12.0. The van der Waals surface area contributed by atoms with E-state index in [0.717, 1.165) is 84.5 Å². The molecule has 2 atom stereocenters. The molecule has 8 rings (SSSR count). The van der Waals surface area contributed by atoms with Crippen molar-refractivity contribution in [1.82, 2.24) is 19.4 Å². The maximum Gasteiger partial charge on any atom is 0.250 e. The number of carbonyl (C=O) groups is 2. The fourth-order valence-corrected chi connectivity index (χ4v) is 8.72. The average Bonchev–Trinajstić information content (AvgIpc) is 3.83. The van der Waals surface area contributed by atoms with E-state index in [-0.39, 0.29) is 29.5 Å². The van der Waals surface area contributed by atoms with Crippen LogP contribution < -0.4 is 14.2 Å². The maximum atomic E-state index is 13.3. The Kier molecular flexibility index (Phi) is 13.3. The minimum atomic E-state index is -0.273. The Morgan fingerprint density at radius 3 is 2.25 bits per heavy atom. The van der Waals surface area contributed by atoms with Gasteiger partial charge in [0.1, 0.15) is 11.6 Å². The van der Waals surface area contributed by atoms with E-state index in [1.807, 2.05) is 65.9 Å². The van der Waals surface area contributed by atoms with E-state index in [9.17, 15) is 14.0 Å². The van der Waals surface area contributed by atoms with Gasteiger partial charge in [0, 0.05) is 36.3 Å². The highest BCUT2D eigenvalue weighted by Crippen LogP contribution is 2.40. The van der Waals surface area contributed by atoms with Crippen molar-refractivity contribution in [3.8, 4) is 22.9 Å². The van der Waals surface area contributed by atoms with Crippen LogP contribution in [0.1, 0.15) is 83.4 Å². The Balaban J connectivity index is 0.000000180. The fraction of sp³-hybridized carbons (Fsp3) is 0.367. The average molecular weight is 799 g/mol. The number of ether oxygens (including phenoxy) is 3. The molecule has 4 aromatic carbocycles. The lowest BCUT2D eigenvalue weighted by Crippen LogP contribution is -2.38. The number of aryl methyl sites for hydroxylation is 1. The first kappa shape index (κ1) is 41.4. The summed E-state index contributed by atoms with van der Waals surface area (Å²) in [6, 6.07) is 26.7. The van der Waals surface area contributed by atoms with Crippen LogP contribution in [0, 0.1) is 24.6 Å². The van der Waals surface area contributed by atoms with Crippen LogP contribution in [0.15, 0.2) is 103 Å². The first-order chi connectivity index (χ1) is 28.6. The predicted octanol–water partition coefficient (Wildman–Crippen LogP) is 9.46. The highest BCUT2D eigenvalue weighted by atomic mass is 19.1. The van der Waals surface area contributed by atoms with Crippen LogP contribution in [0.2, 0.25) is 0 Å². The number of amides is 1. The van der Waals surface area contributed by atoms with Gasteiger partial charge in [0.15, 0.2) is 17.3 Å². The summed E-state index contributed by atoms with van der Waals surface area (Å²) < 4.78 is 31.6. The van der Waals surface area contributed by atoms with E-state index in [1.165, 1.54) is 30.5 Å². The molecule has 0 radical (unpaired) electrons. The van der Waals surface area contributed by atoms with Crippen LogP contribution in [0.4, 0.5) is 4.39 Å². The van der Waals surface area contributed by atoms with E-state index < -0.39 is 0 Å². The van der Waals surface area contributed by atoms with Gasteiger partial charge < -0.3 is 23.7 Å². The van der Waals surface area contributed by atoms with Crippen molar-refractivity contribution in [2.75, 3.05) is 41.0 Å². The Morgan fingerprint density at radius 1 is 0.864 bits per heavy atom. The van der Waals surface area contributed by atoms with E-state index in [1.54, 1.807) is 39.8 Å². The molecular weight excluding hydrogens is 744 g/mol. The molecule has 1 aliphatic carbocycles. The second-order valence-corrected chi connectivity index (χ2v) is 15.9. The molecule has 0 saturated carbocycles. The van der Waals surface area contributed by atoms with Gasteiger partial charge in [-0.2, -0.15) is 0 Å². The Bertz CT molecular complexity index is 2260. The quantitative estimate of drug-likeness (QED) is 0.123. The number of aromatic nitrogens is 2. The molecule has 1 amide bonds. The molecule has 0 spiro atoms. The fourth-order valence-electron chi connectivity index (χ4n) is 8.72. The molecule has 59 heavy (non-hydrogen) atoms. The second-order valence-electron chi connectivity index (χ2n) is 15.9. The number of fused-ring (bicyclic) bond motifs is 1. The largest absolute Gasteiger partial charge is 0.495 e. The summed E-state index contributed by atoms with van der Waals surface area (Å²) in [7, 11) is 4.89. The molecule has 0 N–H and O–H groups in total. The van der Waals surface area contributed by atoms with Crippen LogP contribution in [-0.4, -0.2) is 72.0 Å². The molecule has 1 unspecified atom stereocenters. The van der Waals surface area contributed by atoms with Gasteiger partial charge in [0.2, 0.25) is 5.91 Å². The Labute approximate surface area is 347 Å². The summed E-state index contributed by atoms with van der Waals surface area (Å²) in [6.45, 7) is 7.89. The number of methoxy groups -OCH3 is 3. The lowest BCUT2D eigenvalue weighted by atomic mass is 9.85. The summed E-state index contributed by atoms with van der Waals surface area (Å²) in [5.41, 5.74) is 7.75. The van der Waals surface area contributed by atoms with Crippen LogP contribution in [0.3, 0.4) is 0 Å². The molecule has 308 valence electrons. The van der Waals surface area contributed by atoms with Gasteiger partial charge in [-0.25, -0.2) is 9.37 Å². The zero-order chi connectivity index (χ0) is 41.5. The number of carbonyl (C=O) groups excluding carboxylic acids is 2. The second kappa shape index (κ2) is 18.9. The molecule has 3 aliphatic rings. The number of halogens is 1. The maximum absolute atomic E-state index is 13.3. The van der Waals surface area contributed by atoms with Crippen LogP contribution in [0.25, 0.3) is 11.8 Å². The molecule has 3 heterocycles. The van der Waals surface area contributed by atoms with Gasteiger partial charge >= 0.3 is 0 Å². The first-order valence-corrected chi connectivity index (χ1v) is 20.7. The summed E-state index contributed by atoms with van der Waals surface area (Å²) in [4.78, 5) is 34.8. The van der Waals surface area contributed by atoms with Crippen molar-refractivity contribution < 1.29 is 28.2 Å². The van der Waals surface area contributed by atoms with Crippen LogP contribution in [0.5, 0.6) is 17.2 Å². The van der Waals surface area contributed by atoms with Gasteiger partial charge in [0.25, 0.3) is 0 Å². The number of ketones is 1. The molecule has 9 nitrogen and oxygen atoms in total. The molecule has 1 aromatic heterocycles. The van der Waals surface area contributed by atoms with Crippen molar-refractivity contribution >= 4 is 17.8 Å². The SMILES string of the molecule is COc1cc(/C=C2\CCCN([C@@H](C)c3ccc(F)cc3)C2=O)ccc1-n1cnc(C)c1.COc1cc2c(cc1OC)C(=O)C(CC1CCN(Cc3ccccc3)CC1)C2. The lowest BCUT2D eigenvalue weighted by Gasteiger charge is -2.34. The number of rotatable bonds is 11. The molecule has 10 heteroatoms. The predicted molar refractivity (Wildman–Crippen MR) is 229 cm³/mol. The minimum absolute atomic E-state index is 0.0244. The number of nitrogens with zero attached hydrogens (tertiary/aromatic N) is 4. The number of hydrogen-bond donors (Lipinski definition) is 0. The molecule has 0 bridgehead atoms. The number of likely N-dealkylation sites (tertiary alicyclic amines) is 2. The van der Waals surface area contributed by atoms with E-state index in [0.29, 0.717) is 29.7 Å². The minimum Gasteiger partial charge on any atom is -0.495 e. The van der Waals surface area contributed by atoms with Gasteiger partial charge in [-0.1, -0.05) is 48.5 Å². The van der Waals surface area contributed by atoms with Gasteiger partial charge in [-0.05, 0) is 136 Å².